The summed E-state index contributed by atoms with van der Waals surface area (Å²) >= 11 is 1.99. The normalized spacial score (nSPS) is 26.1. The summed E-state index contributed by atoms with van der Waals surface area (Å²) in [6, 6.07) is 0. The number of hydrogen-bond donors (Lipinski definition) is 0. The maximum absolute atomic E-state index is 13.2. The summed E-state index contributed by atoms with van der Waals surface area (Å²) in [7, 11) is -3.53. The van der Waals surface area contributed by atoms with E-state index in [1.165, 1.54) is 13.8 Å². The Morgan fingerprint density at radius 1 is 0.844 bits per heavy atom. The van der Waals surface area contributed by atoms with E-state index >= 15 is 0 Å². The molecule has 0 aliphatic carbocycles. The molecule has 0 bridgehead atoms. The second-order valence-electron chi connectivity index (χ2n) is 7.83. The fourth-order valence-electron chi connectivity index (χ4n) is 3.25. The van der Waals surface area contributed by atoms with Gasteiger partial charge in [-0.05, 0) is 34.1 Å². The van der Waals surface area contributed by atoms with Crippen LogP contribution in [0.4, 0.5) is 0 Å². The van der Waals surface area contributed by atoms with Gasteiger partial charge < -0.3 is 31.8 Å². The largest absolute Gasteiger partial charge is 0.492 e. The Bertz CT molecular complexity index is 685. The van der Waals surface area contributed by atoms with Crippen molar-refractivity contribution in [1.29, 1.82) is 0 Å². The van der Waals surface area contributed by atoms with Gasteiger partial charge in [-0.25, -0.2) is 0 Å². The quantitative estimate of drug-likeness (QED) is 0.181. The molecule has 11 nitrogen and oxygen atoms in total. The van der Waals surface area contributed by atoms with Crippen molar-refractivity contribution in [1.82, 2.24) is 0 Å². The molecule has 182 valence electrons. The molecule has 0 aromatic rings. The van der Waals surface area contributed by atoms with Crippen LogP contribution in [0, 0.1) is 0 Å². The van der Waals surface area contributed by atoms with Gasteiger partial charge in [-0.1, -0.05) is 0 Å². The van der Waals surface area contributed by atoms with Crippen LogP contribution < -0.4 is 0 Å². The summed E-state index contributed by atoms with van der Waals surface area (Å²) in [5.74, 6) is -2.04. The molecule has 1 unspecified atom stereocenters. The van der Waals surface area contributed by atoms with Crippen molar-refractivity contribution in [3.8, 4) is 0 Å². The van der Waals surface area contributed by atoms with Crippen molar-refractivity contribution < 1.29 is 50.7 Å². The fourth-order valence-corrected chi connectivity index (χ4v) is 5.59. The van der Waals surface area contributed by atoms with Crippen LogP contribution >= 0.6 is 7.60 Å². The lowest BCUT2D eigenvalue weighted by molar-refractivity contribution is -0.283. The molecule has 0 amide bonds. The van der Waals surface area contributed by atoms with E-state index in [1.807, 2.05) is 16.6 Å². The number of ether oxygens (including phenoxy) is 4. The predicted molar refractivity (Wildman–Crippen MR) is 112 cm³/mol. The van der Waals surface area contributed by atoms with Crippen molar-refractivity contribution in [3.63, 3.8) is 0 Å². The molecular weight excluding hydrogens is 462 g/mol. The average Bonchev–Trinajstić information content (AvgIpc) is 2.61. The molecule has 13 heteroatoms. The van der Waals surface area contributed by atoms with Crippen molar-refractivity contribution in [2.24, 2.45) is 0 Å². The number of carbonyl (C=O) groups is 3. The molecule has 0 aromatic heterocycles. The molecule has 0 N–H and O–H groups in total. The maximum atomic E-state index is 13.2. The van der Waals surface area contributed by atoms with Gasteiger partial charge >= 0.3 is 42.1 Å². The molecule has 1 aliphatic rings. The third-order valence-electron chi connectivity index (χ3n) is 4.06. The first-order valence-corrected chi connectivity index (χ1v) is 12.5. The Kier molecular flexibility index (Phi) is 11.8. The lowest BCUT2D eigenvalue weighted by Gasteiger charge is -2.45. The summed E-state index contributed by atoms with van der Waals surface area (Å²) in [6.45, 7) is 10.4. The SMILES string of the molecule is CC(=O)O[C@H]1[C@H](OC(C)=O)[C@@H](CCP(=O)(OC(C)C)OC(C)C)OC([O][Al])[C@H]1OC(C)=O. The van der Waals surface area contributed by atoms with E-state index in [0.717, 1.165) is 6.92 Å². The molecule has 2 radical (unpaired) electrons. The molecule has 1 rings (SSSR count). The van der Waals surface area contributed by atoms with E-state index in [-0.39, 0.29) is 24.8 Å². The summed E-state index contributed by atoms with van der Waals surface area (Å²) < 4.78 is 51.4. The molecule has 1 saturated heterocycles. The third-order valence-corrected chi connectivity index (χ3v) is 6.62. The van der Waals surface area contributed by atoms with Crippen molar-refractivity contribution in [3.05, 3.63) is 0 Å². The van der Waals surface area contributed by atoms with Crippen molar-refractivity contribution in [2.45, 2.75) is 97.8 Å². The lowest BCUT2D eigenvalue weighted by Crippen LogP contribution is -2.61. The number of esters is 3. The minimum atomic E-state index is -3.53. The Balaban J connectivity index is 3.25. The van der Waals surface area contributed by atoms with Crippen LogP contribution in [0.15, 0.2) is 0 Å². The van der Waals surface area contributed by atoms with Gasteiger partial charge in [0.05, 0.1) is 18.4 Å². The average molecular weight is 494 g/mol. The molecule has 1 aliphatic heterocycles. The first-order valence-electron chi connectivity index (χ1n) is 10.3. The molecule has 1 heterocycles. The fraction of sp³-hybridized carbons (Fsp3) is 0.842. The zero-order valence-corrected chi connectivity index (χ0v) is 21.5. The van der Waals surface area contributed by atoms with Crippen molar-refractivity contribution in [2.75, 3.05) is 6.16 Å². The minimum absolute atomic E-state index is 0.0454. The summed E-state index contributed by atoms with van der Waals surface area (Å²) in [5.41, 5.74) is 0. The van der Waals surface area contributed by atoms with Crippen LogP contribution in [0.25, 0.3) is 0 Å². The van der Waals surface area contributed by atoms with E-state index < -0.39 is 56.2 Å². The third kappa shape index (κ3) is 9.48. The molecule has 32 heavy (non-hydrogen) atoms. The van der Waals surface area contributed by atoms with Gasteiger partial charge in [0.15, 0.2) is 24.6 Å². The molecule has 5 atom stereocenters. The molecular formula is C19H32AlO11P. The smallest absolute Gasteiger partial charge is 0.373 e. The van der Waals surface area contributed by atoms with Gasteiger partial charge in [-0.2, -0.15) is 0 Å². The second kappa shape index (κ2) is 13.0. The monoisotopic (exact) mass is 494 g/mol. The highest BCUT2D eigenvalue weighted by atomic mass is 31.2. The van der Waals surface area contributed by atoms with Crippen LogP contribution in [-0.4, -0.2) is 83.6 Å². The summed E-state index contributed by atoms with van der Waals surface area (Å²) in [4.78, 5) is 35.2. The van der Waals surface area contributed by atoms with Crippen LogP contribution in [0.5, 0.6) is 0 Å². The highest BCUT2D eigenvalue weighted by Gasteiger charge is 2.52. The van der Waals surface area contributed by atoms with Gasteiger partial charge in [0.1, 0.15) is 6.10 Å². The molecule has 1 fully saturated rings. The van der Waals surface area contributed by atoms with Crippen LogP contribution in [0.1, 0.15) is 54.9 Å². The highest BCUT2D eigenvalue weighted by molar-refractivity contribution is 7.53. The molecule has 0 aromatic carbocycles. The zero-order chi connectivity index (χ0) is 24.6. The van der Waals surface area contributed by atoms with Crippen LogP contribution in [0.3, 0.4) is 0 Å². The van der Waals surface area contributed by atoms with E-state index in [2.05, 4.69) is 0 Å². The van der Waals surface area contributed by atoms with E-state index in [9.17, 15) is 18.9 Å². The van der Waals surface area contributed by atoms with E-state index in [1.54, 1.807) is 27.7 Å². The predicted octanol–water partition coefficient (Wildman–Crippen LogP) is 2.04. The number of hydrogen-bond acceptors (Lipinski definition) is 11. The Labute approximate surface area is 197 Å². The Morgan fingerprint density at radius 3 is 1.69 bits per heavy atom. The van der Waals surface area contributed by atoms with Crippen molar-refractivity contribution >= 4 is 42.1 Å². The summed E-state index contributed by atoms with van der Waals surface area (Å²) in [5, 5.41) is 0. The van der Waals surface area contributed by atoms with Gasteiger partial charge in [0.25, 0.3) is 0 Å². The van der Waals surface area contributed by atoms with Gasteiger partial charge in [0, 0.05) is 20.8 Å². The Hall–Kier alpha value is -0.988. The maximum Gasteiger partial charge on any atom is 0.373 e. The highest BCUT2D eigenvalue weighted by Crippen LogP contribution is 2.51. The summed E-state index contributed by atoms with van der Waals surface area (Å²) in [6.07, 6.45) is -6.43. The van der Waals surface area contributed by atoms with Gasteiger partial charge in [-0.3, -0.25) is 18.9 Å². The first-order chi connectivity index (χ1) is 14.8. The Morgan fingerprint density at radius 2 is 1.28 bits per heavy atom. The van der Waals surface area contributed by atoms with Crippen LogP contribution in [0.2, 0.25) is 0 Å². The van der Waals surface area contributed by atoms with Gasteiger partial charge in [0.2, 0.25) is 0 Å². The number of rotatable bonds is 11. The second-order valence-corrected chi connectivity index (χ2v) is 10.2. The minimum Gasteiger partial charge on any atom is -0.492 e. The van der Waals surface area contributed by atoms with E-state index in [4.69, 9.17) is 31.8 Å². The molecule has 0 saturated carbocycles. The lowest BCUT2D eigenvalue weighted by atomic mass is 9.96. The topological polar surface area (TPSA) is 133 Å². The standard InChI is InChI=1S/C19H32O11P.Al/c1-10(2)29-31(24,30-11(3)4)9-8-15-16(25-12(5)20)17(26-13(6)21)18(19(23)28-15)27-14(7)22;/h10-11,15-19H,8-9H2,1-7H3;/q-1;+1/t15-,16-,17+,18+,19?;/m1./s1. The first kappa shape index (κ1) is 29.0. The molecule has 0 spiro atoms. The van der Waals surface area contributed by atoms with Crippen LogP contribution in [-0.2, 0) is 50.7 Å². The number of carbonyl (C=O) groups excluding carboxylic acids is 3. The van der Waals surface area contributed by atoms with E-state index in [0.29, 0.717) is 0 Å². The zero-order valence-electron chi connectivity index (χ0n) is 19.5. The van der Waals surface area contributed by atoms with Gasteiger partial charge in [-0.15, -0.1) is 0 Å².